The van der Waals surface area contributed by atoms with Crippen LogP contribution in [0.3, 0.4) is 0 Å². The lowest BCUT2D eigenvalue weighted by atomic mass is 10.1. The highest BCUT2D eigenvalue weighted by Crippen LogP contribution is 2.33. The molecule has 0 aliphatic carbocycles. The number of anilines is 1. The minimum Gasteiger partial charge on any atom is -0.495 e. The molecule has 0 bridgehead atoms. The number of nitrogens with one attached hydrogen (secondary N) is 1. The number of halogens is 2. The van der Waals surface area contributed by atoms with Crippen LogP contribution in [0.5, 0.6) is 5.75 Å². The van der Waals surface area contributed by atoms with Gasteiger partial charge in [0.25, 0.3) is 0 Å². The van der Waals surface area contributed by atoms with Gasteiger partial charge in [0.2, 0.25) is 5.91 Å². The smallest absolute Gasteiger partial charge is 0.336 e. The molecular formula is C19H13Cl2NO4. The molecule has 7 heteroatoms. The molecule has 132 valence electrons. The van der Waals surface area contributed by atoms with Gasteiger partial charge in [-0.25, -0.2) is 4.79 Å². The minimum atomic E-state index is -0.425. The van der Waals surface area contributed by atoms with Gasteiger partial charge < -0.3 is 14.5 Å². The Kier molecular flexibility index (Phi) is 5.30. The maximum atomic E-state index is 12.2. The van der Waals surface area contributed by atoms with E-state index < -0.39 is 5.63 Å². The van der Waals surface area contributed by atoms with Gasteiger partial charge in [-0.2, -0.15) is 0 Å². The predicted molar refractivity (Wildman–Crippen MR) is 103 cm³/mol. The molecule has 0 saturated carbocycles. The molecule has 26 heavy (non-hydrogen) atoms. The van der Waals surface area contributed by atoms with E-state index in [2.05, 4.69) is 5.32 Å². The number of benzene rings is 2. The Morgan fingerprint density at radius 1 is 1.15 bits per heavy atom. The second-order valence-electron chi connectivity index (χ2n) is 5.34. The topological polar surface area (TPSA) is 68.5 Å². The average molecular weight is 390 g/mol. The van der Waals surface area contributed by atoms with Gasteiger partial charge in [0.15, 0.2) is 0 Å². The van der Waals surface area contributed by atoms with Crippen molar-refractivity contribution in [1.29, 1.82) is 0 Å². The summed E-state index contributed by atoms with van der Waals surface area (Å²) in [6, 6.07) is 11.1. The van der Waals surface area contributed by atoms with Gasteiger partial charge in [0, 0.05) is 33.8 Å². The summed E-state index contributed by atoms with van der Waals surface area (Å²) in [5, 5.41) is 4.23. The predicted octanol–water partition coefficient (Wildman–Crippen LogP) is 4.76. The molecule has 3 aromatic rings. The third kappa shape index (κ3) is 4.07. The van der Waals surface area contributed by atoms with Gasteiger partial charge >= 0.3 is 5.63 Å². The van der Waals surface area contributed by atoms with E-state index in [0.29, 0.717) is 38.0 Å². The lowest BCUT2D eigenvalue weighted by Gasteiger charge is -2.08. The second kappa shape index (κ2) is 7.64. The van der Waals surface area contributed by atoms with Crippen molar-refractivity contribution < 1.29 is 13.9 Å². The van der Waals surface area contributed by atoms with Gasteiger partial charge in [-0.3, -0.25) is 4.79 Å². The molecule has 1 heterocycles. The number of carbonyl (C=O) groups is 1. The Bertz CT molecular complexity index is 1070. The number of ether oxygens (including phenoxy) is 1. The largest absolute Gasteiger partial charge is 0.495 e. The van der Waals surface area contributed by atoms with Gasteiger partial charge in [0.1, 0.15) is 11.3 Å². The van der Waals surface area contributed by atoms with Crippen molar-refractivity contribution in [3.8, 4) is 5.75 Å². The highest BCUT2D eigenvalue weighted by molar-refractivity contribution is 6.36. The van der Waals surface area contributed by atoms with Crippen LogP contribution in [0.15, 0.2) is 57.8 Å². The summed E-state index contributed by atoms with van der Waals surface area (Å²) in [6.45, 7) is 0. The molecule has 1 N–H and O–H groups in total. The van der Waals surface area contributed by atoms with E-state index in [4.69, 9.17) is 32.4 Å². The molecule has 2 aromatic carbocycles. The number of carbonyl (C=O) groups excluding carboxylic acids is 1. The van der Waals surface area contributed by atoms with E-state index >= 15 is 0 Å². The van der Waals surface area contributed by atoms with Crippen LogP contribution >= 0.6 is 23.2 Å². The quantitative estimate of drug-likeness (QED) is 0.515. The monoisotopic (exact) mass is 389 g/mol. The second-order valence-corrected chi connectivity index (χ2v) is 6.18. The van der Waals surface area contributed by atoms with E-state index in [1.54, 1.807) is 42.5 Å². The van der Waals surface area contributed by atoms with Crippen molar-refractivity contribution in [1.82, 2.24) is 0 Å². The van der Waals surface area contributed by atoms with Crippen LogP contribution < -0.4 is 15.7 Å². The van der Waals surface area contributed by atoms with Crippen LogP contribution in [0.4, 0.5) is 5.69 Å². The zero-order chi connectivity index (χ0) is 18.7. The number of hydrogen-bond donors (Lipinski definition) is 1. The summed E-state index contributed by atoms with van der Waals surface area (Å²) in [5.41, 5.74) is 1.17. The Morgan fingerprint density at radius 2 is 1.96 bits per heavy atom. The summed E-state index contributed by atoms with van der Waals surface area (Å²) in [5.74, 6) is 0.0840. The van der Waals surface area contributed by atoms with Crippen LogP contribution in [0.1, 0.15) is 5.56 Å². The summed E-state index contributed by atoms with van der Waals surface area (Å²) in [7, 11) is 1.49. The molecule has 0 radical (unpaired) electrons. The van der Waals surface area contributed by atoms with Crippen molar-refractivity contribution >= 4 is 51.8 Å². The highest BCUT2D eigenvalue weighted by atomic mass is 35.5. The lowest BCUT2D eigenvalue weighted by Crippen LogP contribution is -2.07. The zero-order valence-corrected chi connectivity index (χ0v) is 15.1. The molecule has 0 atom stereocenters. The first-order valence-electron chi connectivity index (χ1n) is 7.52. The number of rotatable bonds is 4. The van der Waals surface area contributed by atoms with Crippen LogP contribution in [-0.4, -0.2) is 13.0 Å². The fraction of sp³-hybridized carbons (Fsp3) is 0.0526. The van der Waals surface area contributed by atoms with E-state index in [-0.39, 0.29) is 5.91 Å². The highest BCUT2D eigenvalue weighted by Gasteiger charge is 2.08. The minimum absolute atomic E-state index is 0.347. The Hall–Kier alpha value is -2.76. The first-order chi connectivity index (χ1) is 12.5. The third-order valence-electron chi connectivity index (χ3n) is 3.54. The standard InChI is InChI=1S/C19H13Cl2NO4/c1-25-19-12(8-13(20)10-15(19)21)2-6-17(23)22-14-4-5-16-11(9-14)3-7-18(24)26-16/h2-10H,1H3,(H,22,23)/b6-2+. The van der Waals surface area contributed by atoms with E-state index in [9.17, 15) is 9.59 Å². The summed E-state index contributed by atoms with van der Waals surface area (Å²) < 4.78 is 10.3. The van der Waals surface area contributed by atoms with Crippen molar-refractivity contribution in [2.24, 2.45) is 0 Å². The number of methoxy groups -OCH3 is 1. The molecule has 0 aliphatic rings. The Morgan fingerprint density at radius 3 is 2.73 bits per heavy atom. The van der Waals surface area contributed by atoms with E-state index in [0.717, 1.165) is 0 Å². The molecule has 0 fully saturated rings. The SMILES string of the molecule is COc1c(Cl)cc(Cl)cc1/C=C/C(=O)Nc1ccc2oc(=O)ccc2c1. The maximum absolute atomic E-state index is 12.2. The Labute approximate surface area is 158 Å². The molecule has 0 unspecified atom stereocenters. The summed E-state index contributed by atoms with van der Waals surface area (Å²) in [6.07, 6.45) is 2.91. The molecule has 0 aliphatic heterocycles. The van der Waals surface area contributed by atoms with E-state index in [1.807, 2.05) is 0 Å². The van der Waals surface area contributed by atoms with Crippen molar-refractivity contribution in [3.63, 3.8) is 0 Å². The molecule has 0 spiro atoms. The van der Waals surface area contributed by atoms with Crippen LogP contribution in [0.25, 0.3) is 17.0 Å². The number of hydrogen-bond acceptors (Lipinski definition) is 4. The molecule has 0 saturated heterocycles. The number of amides is 1. The first kappa shape index (κ1) is 18.0. The zero-order valence-electron chi connectivity index (χ0n) is 13.6. The van der Waals surface area contributed by atoms with Gasteiger partial charge in [0.05, 0.1) is 12.1 Å². The van der Waals surface area contributed by atoms with Crippen LogP contribution in [0.2, 0.25) is 10.0 Å². The van der Waals surface area contributed by atoms with Crippen molar-refractivity contribution in [2.75, 3.05) is 12.4 Å². The fourth-order valence-corrected chi connectivity index (χ4v) is 3.00. The number of fused-ring (bicyclic) bond motifs is 1. The molecule has 1 aromatic heterocycles. The third-order valence-corrected chi connectivity index (χ3v) is 4.04. The van der Waals surface area contributed by atoms with Crippen molar-refractivity contribution in [3.05, 3.63) is 74.6 Å². The van der Waals surface area contributed by atoms with Gasteiger partial charge in [-0.15, -0.1) is 0 Å². The van der Waals surface area contributed by atoms with Gasteiger partial charge in [-0.05, 0) is 42.5 Å². The lowest BCUT2D eigenvalue weighted by molar-refractivity contribution is -0.111. The fourth-order valence-electron chi connectivity index (χ4n) is 2.42. The first-order valence-corrected chi connectivity index (χ1v) is 8.28. The molecular weight excluding hydrogens is 377 g/mol. The molecule has 1 amide bonds. The normalized spacial score (nSPS) is 11.0. The summed E-state index contributed by atoms with van der Waals surface area (Å²) in [4.78, 5) is 23.4. The summed E-state index contributed by atoms with van der Waals surface area (Å²) >= 11 is 12.1. The van der Waals surface area contributed by atoms with Gasteiger partial charge in [-0.1, -0.05) is 23.2 Å². The van der Waals surface area contributed by atoms with Crippen LogP contribution in [-0.2, 0) is 4.79 Å². The van der Waals surface area contributed by atoms with E-state index in [1.165, 1.54) is 19.3 Å². The molecule has 5 nitrogen and oxygen atoms in total. The average Bonchev–Trinajstić information content (AvgIpc) is 2.59. The maximum Gasteiger partial charge on any atom is 0.336 e. The van der Waals surface area contributed by atoms with Crippen LogP contribution in [0, 0.1) is 0 Å². The Balaban J connectivity index is 1.80. The molecule has 3 rings (SSSR count). The van der Waals surface area contributed by atoms with Crippen molar-refractivity contribution in [2.45, 2.75) is 0 Å².